The van der Waals surface area contributed by atoms with Crippen LogP contribution in [0.4, 0.5) is 0 Å². The molecule has 3 atom stereocenters. The van der Waals surface area contributed by atoms with Crippen LogP contribution in [0.25, 0.3) is 0 Å². The van der Waals surface area contributed by atoms with Crippen molar-refractivity contribution in [2.45, 2.75) is 57.2 Å². The predicted octanol–water partition coefficient (Wildman–Crippen LogP) is 1.31. The van der Waals surface area contributed by atoms with E-state index in [0.717, 1.165) is 25.7 Å². The second-order valence-corrected chi connectivity index (χ2v) is 6.82. The number of fused-ring (bicyclic) bond motifs is 1. The lowest BCUT2D eigenvalue weighted by molar-refractivity contribution is 0.0301. The molecule has 4 nitrogen and oxygen atoms in total. The minimum absolute atomic E-state index is 0.470. The summed E-state index contributed by atoms with van der Waals surface area (Å²) >= 11 is 0. The normalized spacial score (nSPS) is 34.0. The van der Waals surface area contributed by atoms with Crippen molar-refractivity contribution in [1.29, 1.82) is 0 Å². The molecule has 3 aliphatic rings. The number of nitrogens with zero attached hydrogens (tertiary/aromatic N) is 2. The fourth-order valence-corrected chi connectivity index (χ4v) is 3.97. The predicted molar refractivity (Wildman–Crippen MR) is 82.1 cm³/mol. The smallest absolute Gasteiger partial charge is 0.0700 e. The quantitative estimate of drug-likeness (QED) is 0.822. The summed E-state index contributed by atoms with van der Waals surface area (Å²) < 4.78 is 5.67. The topological polar surface area (TPSA) is 27.7 Å². The van der Waals surface area contributed by atoms with Crippen LogP contribution in [0.1, 0.15) is 39.0 Å². The van der Waals surface area contributed by atoms with Gasteiger partial charge in [-0.05, 0) is 39.2 Å². The van der Waals surface area contributed by atoms with E-state index < -0.39 is 0 Å². The van der Waals surface area contributed by atoms with Crippen LogP contribution >= 0.6 is 0 Å². The summed E-state index contributed by atoms with van der Waals surface area (Å²) in [4.78, 5) is 5.40. The summed E-state index contributed by atoms with van der Waals surface area (Å²) in [5.74, 6) is 0. The molecule has 0 aromatic carbocycles. The van der Waals surface area contributed by atoms with Crippen LogP contribution in [0, 0.1) is 0 Å². The van der Waals surface area contributed by atoms with Gasteiger partial charge < -0.3 is 10.1 Å². The third kappa shape index (κ3) is 3.73. The Kier molecular flexibility index (Phi) is 5.32. The number of piperidine rings is 1. The third-order valence-corrected chi connectivity index (χ3v) is 5.33. The van der Waals surface area contributed by atoms with Gasteiger partial charge in [0.2, 0.25) is 0 Å². The molecule has 0 amide bonds. The highest BCUT2D eigenvalue weighted by atomic mass is 16.5. The fourth-order valence-electron chi connectivity index (χ4n) is 3.97. The van der Waals surface area contributed by atoms with Crippen LogP contribution in [0.15, 0.2) is 0 Å². The van der Waals surface area contributed by atoms with Gasteiger partial charge in [-0.2, -0.15) is 0 Å². The molecule has 0 radical (unpaired) electrons. The Labute approximate surface area is 123 Å². The first-order valence-corrected chi connectivity index (χ1v) is 8.63. The molecule has 1 N–H and O–H groups in total. The van der Waals surface area contributed by atoms with E-state index in [1.165, 1.54) is 58.3 Å². The molecule has 3 saturated heterocycles. The highest BCUT2D eigenvalue weighted by Crippen LogP contribution is 2.22. The van der Waals surface area contributed by atoms with Gasteiger partial charge in [-0.15, -0.1) is 0 Å². The van der Waals surface area contributed by atoms with Crippen molar-refractivity contribution < 1.29 is 4.74 Å². The van der Waals surface area contributed by atoms with Crippen molar-refractivity contribution in [3.63, 3.8) is 0 Å². The molecule has 3 rings (SSSR count). The number of hydrogen-bond acceptors (Lipinski definition) is 4. The van der Waals surface area contributed by atoms with E-state index in [2.05, 4.69) is 22.0 Å². The fraction of sp³-hybridized carbons (Fsp3) is 1.00. The molecule has 3 fully saturated rings. The Morgan fingerprint density at radius 3 is 2.95 bits per heavy atom. The summed E-state index contributed by atoms with van der Waals surface area (Å²) in [6, 6.07) is 1.48. The lowest BCUT2D eigenvalue weighted by Crippen LogP contribution is -2.58. The van der Waals surface area contributed by atoms with Gasteiger partial charge in [0.05, 0.1) is 6.10 Å². The summed E-state index contributed by atoms with van der Waals surface area (Å²) in [6.45, 7) is 10.6. The molecule has 3 unspecified atom stereocenters. The molecular weight excluding hydrogens is 250 g/mol. The Balaban J connectivity index is 1.37. The van der Waals surface area contributed by atoms with Crippen molar-refractivity contribution in [2.75, 3.05) is 45.9 Å². The summed E-state index contributed by atoms with van der Waals surface area (Å²) in [6.07, 6.45) is 7.20. The summed E-state index contributed by atoms with van der Waals surface area (Å²) in [5, 5.41) is 3.62. The van der Waals surface area contributed by atoms with E-state index in [-0.39, 0.29) is 0 Å². The average molecular weight is 281 g/mol. The van der Waals surface area contributed by atoms with E-state index >= 15 is 0 Å². The maximum atomic E-state index is 5.67. The van der Waals surface area contributed by atoms with Crippen molar-refractivity contribution in [2.24, 2.45) is 0 Å². The molecule has 116 valence electrons. The molecule has 3 heterocycles. The minimum Gasteiger partial charge on any atom is -0.377 e. The minimum atomic E-state index is 0.470. The van der Waals surface area contributed by atoms with Gasteiger partial charge in [0, 0.05) is 51.4 Å². The first-order chi connectivity index (χ1) is 9.83. The standard InChI is InChI=1S/C16H31N3O/c1-14(11-17-12-16-6-4-10-20-16)19-9-8-18-7-3-2-5-15(18)13-19/h14-17H,2-13H2,1H3. The van der Waals surface area contributed by atoms with E-state index in [4.69, 9.17) is 4.74 Å². The number of hydrogen-bond donors (Lipinski definition) is 1. The van der Waals surface area contributed by atoms with Crippen LogP contribution < -0.4 is 5.32 Å². The van der Waals surface area contributed by atoms with E-state index in [1.807, 2.05) is 0 Å². The van der Waals surface area contributed by atoms with Gasteiger partial charge in [0.1, 0.15) is 0 Å². The van der Waals surface area contributed by atoms with E-state index in [1.54, 1.807) is 0 Å². The molecule has 20 heavy (non-hydrogen) atoms. The van der Waals surface area contributed by atoms with E-state index in [9.17, 15) is 0 Å². The monoisotopic (exact) mass is 281 g/mol. The van der Waals surface area contributed by atoms with Gasteiger partial charge in [-0.1, -0.05) is 6.42 Å². The second-order valence-electron chi connectivity index (χ2n) is 6.82. The number of piperazine rings is 1. The molecule has 0 aliphatic carbocycles. The van der Waals surface area contributed by atoms with Gasteiger partial charge in [-0.3, -0.25) is 9.80 Å². The van der Waals surface area contributed by atoms with Gasteiger partial charge in [0.25, 0.3) is 0 Å². The van der Waals surface area contributed by atoms with Crippen LogP contribution in [0.5, 0.6) is 0 Å². The number of nitrogens with one attached hydrogen (secondary N) is 1. The Morgan fingerprint density at radius 2 is 2.10 bits per heavy atom. The first-order valence-electron chi connectivity index (χ1n) is 8.63. The molecule has 0 aromatic rings. The highest BCUT2D eigenvalue weighted by molar-refractivity contribution is 4.87. The largest absolute Gasteiger partial charge is 0.377 e. The molecule has 0 bridgehead atoms. The first kappa shape index (κ1) is 14.8. The van der Waals surface area contributed by atoms with Gasteiger partial charge in [0.15, 0.2) is 0 Å². The Morgan fingerprint density at radius 1 is 1.15 bits per heavy atom. The van der Waals surface area contributed by atoms with Crippen LogP contribution in [0.2, 0.25) is 0 Å². The van der Waals surface area contributed by atoms with Gasteiger partial charge in [-0.25, -0.2) is 0 Å². The number of ether oxygens (including phenoxy) is 1. The van der Waals surface area contributed by atoms with Crippen molar-refractivity contribution in [3.05, 3.63) is 0 Å². The van der Waals surface area contributed by atoms with Crippen molar-refractivity contribution >= 4 is 0 Å². The molecule has 0 spiro atoms. The lowest BCUT2D eigenvalue weighted by atomic mass is 9.99. The summed E-state index contributed by atoms with van der Waals surface area (Å²) in [5.41, 5.74) is 0. The Hall–Kier alpha value is -0.160. The molecule has 3 aliphatic heterocycles. The molecule has 0 saturated carbocycles. The zero-order valence-electron chi connectivity index (χ0n) is 13.0. The molecular formula is C16H31N3O. The maximum absolute atomic E-state index is 5.67. The van der Waals surface area contributed by atoms with Crippen molar-refractivity contribution in [1.82, 2.24) is 15.1 Å². The SMILES string of the molecule is CC(CNCC1CCCO1)N1CCN2CCCCC2C1. The Bertz CT molecular complexity index is 293. The van der Waals surface area contributed by atoms with E-state index in [0.29, 0.717) is 12.1 Å². The molecule has 0 aromatic heterocycles. The maximum Gasteiger partial charge on any atom is 0.0700 e. The number of rotatable bonds is 5. The lowest BCUT2D eigenvalue weighted by Gasteiger charge is -2.46. The van der Waals surface area contributed by atoms with Gasteiger partial charge >= 0.3 is 0 Å². The zero-order valence-corrected chi connectivity index (χ0v) is 13.0. The zero-order chi connectivity index (χ0) is 13.8. The second kappa shape index (κ2) is 7.21. The van der Waals surface area contributed by atoms with Crippen LogP contribution in [0.3, 0.4) is 0 Å². The average Bonchev–Trinajstić information content (AvgIpc) is 3.00. The van der Waals surface area contributed by atoms with Crippen LogP contribution in [-0.2, 0) is 4.74 Å². The summed E-state index contributed by atoms with van der Waals surface area (Å²) in [7, 11) is 0. The third-order valence-electron chi connectivity index (χ3n) is 5.33. The molecule has 4 heteroatoms. The van der Waals surface area contributed by atoms with Crippen LogP contribution in [-0.4, -0.2) is 73.9 Å². The van der Waals surface area contributed by atoms with Crippen molar-refractivity contribution in [3.8, 4) is 0 Å². The highest BCUT2D eigenvalue weighted by Gasteiger charge is 2.30.